The maximum Gasteiger partial charge on any atom is 0.306 e. The summed E-state index contributed by atoms with van der Waals surface area (Å²) in [5.74, 6) is -1.40. The standard InChI is InChI=1S/C16H18N2O3/c1-10(16(20)21)7-12-3-5-13(6-4-12)18-15(19)14-9-17-8-11(14)2/h3-6,8-10,17H,7H2,1-2H3,(H,18,19)(H,20,21). The van der Waals surface area contributed by atoms with Crippen LogP contribution in [0.5, 0.6) is 0 Å². The van der Waals surface area contributed by atoms with E-state index in [1.54, 1.807) is 31.5 Å². The third-order valence-corrected chi connectivity index (χ3v) is 3.37. The number of carboxylic acid groups (broad SMARTS) is 1. The van der Waals surface area contributed by atoms with E-state index >= 15 is 0 Å². The van der Waals surface area contributed by atoms with E-state index in [2.05, 4.69) is 10.3 Å². The zero-order valence-corrected chi connectivity index (χ0v) is 12.0. The first-order chi connectivity index (χ1) is 9.97. The van der Waals surface area contributed by atoms with Crippen LogP contribution in [0.25, 0.3) is 0 Å². The Morgan fingerprint density at radius 3 is 2.43 bits per heavy atom. The molecule has 0 saturated heterocycles. The van der Waals surface area contributed by atoms with E-state index in [-0.39, 0.29) is 5.91 Å². The van der Waals surface area contributed by atoms with E-state index in [9.17, 15) is 9.59 Å². The molecular weight excluding hydrogens is 268 g/mol. The Balaban J connectivity index is 2.01. The highest BCUT2D eigenvalue weighted by Gasteiger charge is 2.12. The van der Waals surface area contributed by atoms with Crippen molar-refractivity contribution in [1.29, 1.82) is 0 Å². The monoisotopic (exact) mass is 286 g/mol. The van der Waals surface area contributed by atoms with Gasteiger partial charge in [0.15, 0.2) is 0 Å². The lowest BCUT2D eigenvalue weighted by Gasteiger charge is -2.08. The first-order valence-electron chi connectivity index (χ1n) is 6.74. The summed E-state index contributed by atoms with van der Waals surface area (Å²) in [6.07, 6.45) is 3.90. The van der Waals surface area contributed by atoms with Crippen molar-refractivity contribution in [3.8, 4) is 0 Å². The molecule has 0 aliphatic heterocycles. The number of aryl methyl sites for hydroxylation is 1. The summed E-state index contributed by atoms with van der Waals surface area (Å²) in [5, 5.41) is 11.7. The number of rotatable bonds is 5. The Morgan fingerprint density at radius 2 is 1.90 bits per heavy atom. The SMILES string of the molecule is Cc1c[nH]cc1C(=O)Nc1ccc(CC(C)C(=O)O)cc1. The Hall–Kier alpha value is -2.56. The Morgan fingerprint density at radius 1 is 1.24 bits per heavy atom. The van der Waals surface area contributed by atoms with E-state index in [1.807, 2.05) is 19.1 Å². The minimum Gasteiger partial charge on any atom is -0.481 e. The fourth-order valence-electron chi connectivity index (χ4n) is 2.05. The lowest BCUT2D eigenvalue weighted by atomic mass is 10.0. The van der Waals surface area contributed by atoms with Crippen LogP contribution in [0.2, 0.25) is 0 Å². The van der Waals surface area contributed by atoms with Crippen LogP contribution in [0, 0.1) is 12.8 Å². The number of hydrogen-bond acceptors (Lipinski definition) is 2. The molecule has 110 valence electrons. The number of hydrogen-bond donors (Lipinski definition) is 3. The van der Waals surface area contributed by atoms with Crippen LogP contribution in [0.4, 0.5) is 5.69 Å². The zero-order chi connectivity index (χ0) is 15.4. The van der Waals surface area contributed by atoms with Gasteiger partial charge in [0.25, 0.3) is 5.91 Å². The molecule has 0 spiro atoms. The van der Waals surface area contributed by atoms with Crippen molar-refractivity contribution < 1.29 is 14.7 Å². The van der Waals surface area contributed by atoms with E-state index in [0.717, 1.165) is 11.1 Å². The molecule has 0 aliphatic carbocycles. The molecule has 0 saturated carbocycles. The molecule has 0 bridgehead atoms. The quantitative estimate of drug-likeness (QED) is 0.790. The average Bonchev–Trinajstić information content (AvgIpc) is 2.87. The van der Waals surface area contributed by atoms with Gasteiger partial charge in [-0.25, -0.2) is 0 Å². The van der Waals surface area contributed by atoms with Gasteiger partial charge in [-0.05, 0) is 36.6 Å². The third kappa shape index (κ3) is 3.72. The largest absolute Gasteiger partial charge is 0.481 e. The number of amides is 1. The molecule has 5 heteroatoms. The highest BCUT2D eigenvalue weighted by atomic mass is 16.4. The predicted molar refractivity (Wildman–Crippen MR) is 80.4 cm³/mol. The third-order valence-electron chi connectivity index (χ3n) is 3.37. The van der Waals surface area contributed by atoms with Crippen LogP contribution >= 0.6 is 0 Å². The summed E-state index contributed by atoms with van der Waals surface area (Å²) in [6, 6.07) is 7.23. The number of aromatic nitrogens is 1. The van der Waals surface area contributed by atoms with Crippen molar-refractivity contribution in [1.82, 2.24) is 4.98 Å². The number of benzene rings is 1. The predicted octanol–water partition coefficient (Wildman–Crippen LogP) is 2.84. The Labute approximate surface area is 123 Å². The number of carbonyl (C=O) groups is 2. The number of carboxylic acids is 1. The van der Waals surface area contributed by atoms with Crippen LogP contribution in [-0.4, -0.2) is 22.0 Å². The second-order valence-corrected chi connectivity index (χ2v) is 5.15. The first kappa shape index (κ1) is 14.8. The first-order valence-corrected chi connectivity index (χ1v) is 6.74. The summed E-state index contributed by atoms with van der Waals surface area (Å²) in [7, 11) is 0. The van der Waals surface area contributed by atoms with Crippen molar-refractivity contribution in [2.45, 2.75) is 20.3 Å². The Bertz CT molecular complexity index is 644. The summed E-state index contributed by atoms with van der Waals surface area (Å²) in [5.41, 5.74) is 3.12. The molecule has 0 radical (unpaired) electrons. The second kappa shape index (κ2) is 6.26. The highest BCUT2D eigenvalue weighted by Crippen LogP contribution is 2.15. The molecule has 3 N–H and O–H groups in total. The summed E-state index contributed by atoms with van der Waals surface area (Å²) >= 11 is 0. The topological polar surface area (TPSA) is 82.2 Å². The van der Waals surface area contributed by atoms with Gasteiger partial charge >= 0.3 is 5.97 Å². The van der Waals surface area contributed by atoms with Crippen LogP contribution in [0.15, 0.2) is 36.7 Å². The summed E-state index contributed by atoms with van der Waals surface area (Å²) in [4.78, 5) is 25.7. The van der Waals surface area contributed by atoms with Gasteiger partial charge in [-0.3, -0.25) is 9.59 Å². The lowest BCUT2D eigenvalue weighted by Crippen LogP contribution is -2.13. The van der Waals surface area contributed by atoms with Crippen molar-refractivity contribution in [2.75, 3.05) is 5.32 Å². The maximum atomic E-state index is 12.0. The highest BCUT2D eigenvalue weighted by molar-refractivity contribution is 6.05. The minimum atomic E-state index is -0.810. The smallest absolute Gasteiger partial charge is 0.306 e. The molecule has 2 rings (SSSR count). The number of aromatic amines is 1. The van der Waals surface area contributed by atoms with Gasteiger partial charge in [0, 0.05) is 18.1 Å². The van der Waals surface area contributed by atoms with Crippen molar-refractivity contribution >= 4 is 17.6 Å². The van der Waals surface area contributed by atoms with Crippen LogP contribution in [-0.2, 0) is 11.2 Å². The average molecular weight is 286 g/mol. The Kier molecular flexibility index (Phi) is 4.42. The number of carbonyl (C=O) groups excluding carboxylic acids is 1. The fraction of sp³-hybridized carbons (Fsp3) is 0.250. The van der Waals surface area contributed by atoms with Crippen molar-refractivity contribution in [3.05, 3.63) is 53.3 Å². The normalized spacial score (nSPS) is 11.9. The van der Waals surface area contributed by atoms with Gasteiger partial charge in [-0.1, -0.05) is 19.1 Å². The number of H-pyrrole nitrogens is 1. The van der Waals surface area contributed by atoms with Crippen molar-refractivity contribution in [3.63, 3.8) is 0 Å². The van der Waals surface area contributed by atoms with E-state index in [1.165, 1.54) is 0 Å². The van der Waals surface area contributed by atoms with Crippen molar-refractivity contribution in [2.24, 2.45) is 5.92 Å². The van der Waals surface area contributed by atoms with Crippen LogP contribution in [0.3, 0.4) is 0 Å². The molecule has 0 aliphatic rings. The number of aliphatic carboxylic acids is 1. The second-order valence-electron chi connectivity index (χ2n) is 5.15. The zero-order valence-electron chi connectivity index (χ0n) is 12.0. The van der Waals surface area contributed by atoms with Gasteiger partial charge < -0.3 is 15.4 Å². The molecular formula is C16H18N2O3. The number of nitrogens with one attached hydrogen (secondary N) is 2. The maximum absolute atomic E-state index is 12.0. The molecule has 0 fully saturated rings. The van der Waals surface area contributed by atoms with Crippen LogP contribution < -0.4 is 5.32 Å². The van der Waals surface area contributed by atoms with E-state index in [4.69, 9.17) is 5.11 Å². The summed E-state index contributed by atoms with van der Waals surface area (Å²) in [6.45, 7) is 3.54. The van der Waals surface area contributed by atoms with Gasteiger partial charge in [-0.2, -0.15) is 0 Å². The lowest BCUT2D eigenvalue weighted by molar-refractivity contribution is -0.141. The molecule has 1 aromatic heterocycles. The minimum absolute atomic E-state index is 0.166. The molecule has 1 heterocycles. The van der Waals surface area contributed by atoms with Gasteiger partial charge in [0.05, 0.1) is 11.5 Å². The van der Waals surface area contributed by atoms with Crippen LogP contribution in [0.1, 0.15) is 28.4 Å². The fourth-order valence-corrected chi connectivity index (χ4v) is 2.05. The van der Waals surface area contributed by atoms with E-state index in [0.29, 0.717) is 17.7 Å². The molecule has 21 heavy (non-hydrogen) atoms. The molecule has 2 aromatic rings. The summed E-state index contributed by atoms with van der Waals surface area (Å²) < 4.78 is 0. The molecule has 1 amide bonds. The molecule has 1 unspecified atom stereocenters. The molecule has 1 atom stereocenters. The van der Waals surface area contributed by atoms with Gasteiger partial charge in [0.1, 0.15) is 0 Å². The van der Waals surface area contributed by atoms with E-state index < -0.39 is 11.9 Å². The molecule has 5 nitrogen and oxygen atoms in total. The number of anilines is 1. The van der Waals surface area contributed by atoms with Gasteiger partial charge in [0.2, 0.25) is 0 Å². The molecule has 1 aromatic carbocycles. The van der Waals surface area contributed by atoms with Gasteiger partial charge in [-0.15, -0.1) is 0 Å².